The zero-order valence-corrected chi connectivity index (χ0v) is 15.2. The number of rotatable bonds is 5. The van der Waals surface area contributed by atoms with Gasteiger partial charge in [-0.25, -0.2) is 0 Å². The molecule has 2 nitrogen and oxygen atoms in total. The molecule has 0 spiro atoms. The Morgan fingerprint density at radius 3 is 2.26 bits per heavy atom. The van der Waals surface area contributed by atoms with Crippen LogP contribution >= 0.6 is 23.2 Å². The van der Waals surface area contributed by atoms with Gasteiger partial charge in [-0.15, -0.1) is 0 Å². The van der Waals surface area contributed by atoms with E-state index < -0.39 is 0 Å². The zero-order chi connectivity index (χ0) is 16.1. The molecule has 128 valence electrons. The summed E-state index contributed by atoms with van der Waals surface area (Å²) in [7, 11) is 0. The van der Waals surface area contributed by atoms with Crippen LogP contribution in [0.4, 0.5) is 0 Å². The molecule has 2 fully saturated rings. The van der Waals surface area contributed by atoms with Crippen LogP contribution in [-0.2, 0) is 4.74 Å². The van der Waals surface area contributed by atoms with Gasteiger partial charge in [0.1, 0.15) is 0 Å². The van der Waals surface area contributed by atoms with Crippen LogP contribution in [0.2, 0.25) is 10.0 Å². The maximum Gasteiger partial charge on any atom is 0.0480 e. The first kappa shape index (κ1) is 17.5. The number of benzene rings is 1. The molecule has 1 saturated carbocycles. The lowest BCUT2D eigenvalue weighted by Crippen LogP contribution is -2.36. The average Bonchev–Trinajstić information content (AvgIpc) is 2.57. The largest absolute Gasteiger partial charge is 0.381 e. The van der Waals surface area contributed by atoms with Gasteiger partial charge in [0.15, 0.2) is 0 Å². The molecule has 2 aliphatic rings. The predicted octanol–water partition coefficient (Wildman–Crippen LogP) is 5.43. The van der Waals surface area contributed by atoms with E-state index in [0.717, 1.165) is 48.6 Å². The molecule has 0 atom stereocenters. The number of nitrogens with one attached hydrogen (secondary N) is 1. The first-order valence-electron chi connectivity index (χ1n) is 8.99. The van der Waals surface area contributed by atoms with Gasteiger partial charge >= 0.3 is 0 Å². The summed E-state index contributed by atoms with van der Waals surface area (Å²) in [4.78, 5) is 0. The minimum absolute atomic E-state index is 0.538. The van der Waals surface area contributed by atoms with Crippen molar-refractivity contribution in [2.75, 3.05) is 19.8 Å². The fraction of sp³-hybridized carbons (Fsp3) is 0.684. The molecule has 0 amide bonds. The molecule has 1 N–H and O–H groups in total. The quantitative estimate of drug-likeness (QED) is 0.760. The summed E-state index contributed by atoms with van der Waals surface area (Å²) in [5.41, 5.74) is 1.18. The van der Waals surface area contributed by atoms with Crippen molar-refractivity contribution in [1.29, 1.82) is 0 Å². The third kappa shape index (κ3) is 4.85. The van der Waals surface area contributed by atoms with Gasteiger partial charge in [0.05, 0.1) is 0 Å². The highest BCUT2D eigenvalue weighted by Gasteiger charge is 2.25. The minimum Gasteiger partial charge on any atom is -0.381 e. The summed E-state index contributed by atoms with van der Waals surface area (Å²) in [6.45, 7) is 2.98. The highest BCUT2D eigenvalue weighted by molar-refractivity contribution is 6.36. The van der Waals surface area contributed by atoms with Crippen LogP contribution in [0.5, 0.6) is 0 Å². The van der Waals surface area contributed by atoms with E-state index >= 15 is 0 Å². The number of hydrogen-bond acceptors (Lipinski definition) is 2. The second-order valence-corrected chi connectivity index (χ2v) is 7.80. The van der Waals surface area contributed by atoms with E-state index in [1.807, 2.05) is 18.2 Å². The van der Waals surface area contributed by atoms with E-state index in [1.165, 1.54) is 37.7 Å². The molecule has 1 aliphatic carbocycles. The lowest BCUT2D eigenvalue weighted by Gasteiger charge is -2.30. The van der Waals surface area contributed by atoms with Gasteiger partial charge < -0.3 is 10.1 Å². The third-order valence-corrected chi connectivity index (χ3v) is 6.12. The van der Waals surface area contributed by atoms with Crippen molar-refractivity contribution in [2.45, 2.75) is 56.9 Å². The Morgan fingerprint density at radius 2 is 1.61 bits per heavy atom. The molecule has 3 rings (SSSR count). The summed E-state index contributed by atoms with van der Waals surface area (Å²) in [5, 5.41) is 5.38. The van der Waals surface area contributed by atoms with Crippen molar-refractivity contribution >= 4 is 23.2 Å². The molecule has 0 aromatic heterocycles. The first-order valence-corrected chi connectivity index (χ1v) is 9.74. The number of ether oxygens (including phenoxy) is 1. The van der Waals surface area contributed by atoms with Crippen molar-refractivity contribution in [1.82, 2.24) is 5.32 Å². The molecular formula is C19H27Cl2NO. The van der Waals surface area contributed by atoms with E-state index in [1.54, 1.807) is 0 Å². The van der Waals surface area contributed by atoms with Crippen LogP contribution in [0.3, 0.4) is 0 Å². The lowest BCUT2D eigenvalue weighted by molar-refractivity contribution is 0.0775. The van der Waals surface area contributed by atoms with Gasteiger partial charge in [-0.2, -0.15) is 0 Å². The lowest BCUT2D eigenvalue weighted by atomic mass is 9.77. The molecule has 23 heavy (non-hydrogen) atoms. The van der Waals surface area contributed by atoms with Crippen molar-refractivity contribution in [2.24, 2.45) is 5.92 Å². The third-order valence-electron chi connectivity index (χ3n) is 5.46. The van der Waals surface area contributed by atoms with E-state index in [9.17, 15) is 0 Å². The maximum absolute atomic E-state index is 6.36. The molecule has 4 heteroatoms. The molecule has 0 unspecified atom stereocenters. The van der Waals surface area contributed by atoms with E-state index in [0.29, 0.717) is 12.0 Å². The Balaban J connectivity index is 1.41. The van der Waals surface area contributed by atoms with E-state index in [-0.39, 0.29) is 0 Å². The molecular weight excluding hydrogens is 329 g/mol. The highest BCUT2D eigenvalue weighted by atomic mass is 35.5. The van der Waals surface area contributed by atoms with Crippen LogP contribution in [-0.4, -0.2) is 25.8 Å². The minimum atomic E-state index is 0.538. The van der Waals surface area contributed by atoms with Gasteiger partial charge in [0.2, 0.25) is 0 Å². The summed E-state index contributed by atoms with van der Waals surface area (Å²) in [6.07, 6.45) is 8.63. The summed E-state index contributed by atoms with van der Waals surface area (Å²) < 4.78 is 5.41. The SMILES string of the molecule is Clc1cccc(Cl)c1[C@H]1CC[C@H](CCNC2CCOCC2)CC1. The van der Waals surface area contributed by atoms with Crippen molar-refractivity contribution < 1.29 is 4.74 Å². The monoisotopic (exact) mass is 355 g/mol. The second-order valence-electron chi connectivity index (χ2n) is 6.98. The standard InChI is InChI=1S/C19H27Cl2NO/c20-17-2-1-3-18(21)19(17)15-6-4-14(5-7-15)8-11-22-16-9-12-23-13-10-16/h1-3,14-16,22H,4-13H2/t14-,15-. The molecule has 1 aliphatic heterocycles. The Hall–Kier alpha value is -0.280. The molecule has 0 radical (unpaired) electrons. The van der Waals surface area contributed by atoms with Gasteiger partial charge in [0.25, 0.3) is 0 Å². The first-order chi connectivity index (χ1) is 11.2. The summed E-state index contributed by atoms with van der Waals surface area (Å²) in [6, 6.07) is 6.53. The fourth-order valence-electron chi connectivity index (χ4n) is 4.03. The van der Waals surface area contributed by atoms with Gasteiger partial charge in [-0.3, -0.25) is 0 Å². The van der Waals surface area contributed by atoms with Crippen LogP contribution in [0.1, 0.15) is 56.4 Å². The van der Waals surface area contributed by atoms with Crippen LogP contribution in [0.25, 0.3) is 0 Å². The molecule has 0 bridgehead atoms. The molecule has 1 aromatic rings. The second kappa shape index (κ2) is 8.71. The topological polar surface area (TPSA) is 21.3 Å². The van der Waals surface area contributed by atoms with Gasteiger partial charge in [-0.05, 0) is 81.0 Å². The highest BCUT2D eigenvalue weighted by Crippen LogP contribution is 2.42. The van der Waals surface area contributed by atoms with Crippen molar-refractivity contribution in [3.05, 3.63) is 33.8 Å². The van der Waals surface area contributed by atoms with E-state index in [4.69, 9.17) is 27.9 Å². The Bertz CT molecular complexity index is 474. The Morgan fingerprint density at radius 1 is 0.957 bits per heavy atom. The number of halogens is 2. The zero-order valence-electron chi connectivity index (χ0n) is 13.7. The van der Waals surface area contributed by atoms with Gasteiger partial charge in [-0.1, -0.05) is 29.3 Å². The Labute approximate surface area is 149 Å². The van der Waals surface area contributed by atoms with Crippen LogP contribution < -0.4 is 5.32 Å². The number of hydrogen-bond donors (Lipinski definition) is 1. The average molecular weight is 356 g/mol. The maximum atomic E-state index is 6.36. The van der Waals surface area contributed by atoms with Crippen LogP contribution in [0.15, 0.2) is 18.2 Å². The van der Waals surface area contributed by atoms with Crippen molar-refractivity contribution in [3.63, 3.8) is 0 Å². The Kier molecular flexibility index (Phi) is 6.64. The predicted molar refractivity (Wildman–Crippen MR) is 97.6 cm³/mol. The van der Waals surface area contributed by atoms with E-state index in [2.05, 4.69) is 5.32 Å². The summed E-state index contributed by atoms with van der Waals surface area (Å²) >= 11 is 12.7. The van der Waals surface area contributed by atoms with Crippen molar-refractivity contribution in [3.8, 4) is 0 Å². The molecule has 1 aromatic carbocycles. The van der Waals surface area contributed by atoms with Crippen LogP contribution in [0, 0.1) is 5.92 Å². The summed E-state index contributed by atoms with van der Waals surface area (Å²) in [5.74, 6) is 1.38. The molecule has 1 heterocycles. The molecule has 1 saturated heterocycles. The normalized spacial score (nSPS) is 26.3. The smallest absolute Gasteiger partial charge is 0.0480 e. The fourth-order valence-corrected chi connectivity index (χ4v) is 4.74. The van der Waals surface area contributed by atoms with Gasteiger partial charge in [0, 0.05) is 29.3 Å².